The van der Waals surface area contributed by atoms with Gasteiger partial charge in [0.2, 0.25) is 0 Å². The maximum absolute atomic E-state index is 11.9. The Morgan fingerprint density at radius 2 is 2.06 bits per heavy atom. The van der Waals surface area contributed by atoms with Gasteiger partial charge in [0.05, 0.1) is 5.41 Å². The molecule has 0 bridgehead atoms. The SMILES string of the molecule is CC(C)(C)OC(=O)N1C[C@@H]2CC[C@]2(C(=O)O)C1. The minimum atomic E-state index is -0.778. The molecule has 1 amide bonds. The van der Waals surface area contributed by atoms with E-state index in [0.29, 0.717) is 19.5 Å². The summed E-state index contributed by atoms with van der Waals surface area (Å²) in [5.74, 6) is -0.674. The summed E-state index contributed by atoms with van der Waals surface area (Å²) in [6, 6.07) is 0. The fourth-order valence-electron chi connectivity index (χ4n) is 2.66. The van der Waals surface area contributed by atoms with Crippen LogP contribution in [0.25, 0.3) is 0 Å². The molecule has 2 aliphatic rings. The standard InChI is InChI=1S/C12H19NO4/c1-11(2,3)17-10(16)13-6-8-4-5-12(8,7-13)9(14)15/h8H,4-7H2,1-3H3,(H,14,15)/t8-,12-/m0/s1. The summed E-state index contributed by atoms with van der Waals surface area (Å²) in [4.78, 5) is 24.7. The van der Waals surface area contributed by atoms with Gasteiger partial charge >= 0.3 is 12.1 Å². The summed E-state index contributed by atoms with van der Waals surface area (Å²) < 4.78 is 5.26. The molecule has 5 heteroatoms. The maximum Gasteiger partial charge on any atom is 0.410 e. The highest BCUT2D eigenvalue weighted by Crippen LogP contribution is 2.52. The van der Waals surface area contributed by atoms with E-state index in [1.165, 1.54) is 4.90 Å². The second-order valence-corrected chi connectivity index (χ2v) is 6.06. The van der Waals surface area contributed by atoms with Gasteiger partial charge in [-0.1, -0.05) is 0 Å². The second-order valence-electron chi connectivity index (χ2n) is 6.06. The Labute approximate surface area is 101 Å². The van der Waals surface area contributed by atoms with Crippen LogP contribution >= 0.6 is 0 Å². The van der Waals surface area contributed by atoms with Crippen molar-refractivity contribution in [3.8, 4) is 0 Å². The fraction of sp³-hybridized carbons (Fsp3) is 0.833. The first-order valence-corrected chi connectivity index (χ1v) is 5.96. The third-order valence-corrected chi connectivity index (χ3v) is 3.71. The Balaban J connectivity index is 2.03. The highest BCUT2D eigenvalue weighted by Gasteiger charge is 2.59. The molecule has 0 aromatic rings. The summed E-state index contributed by atoms with van der Waals surface area (Å²) in [6.07, 6.45) is 1.17. The largest absolute Gasteiger partial charge is 0.481 e. The maximum atomic E-state index is 11.9. The third-order valence-electron chi connectivity index (χ3n) is 3.71. The van der Waals surface area contributed by atoms with E-state index in [1.807, 2.05) is 20.8 Å². The molecule has 96 valence electrons. The predicted octanol–water partition coefficient (Wildman–Crippen LogP) is 1.72. The lowest BCUT2D eigenvalue weighted by molar-refractivity contribution is -0.156. The molecule has 17 heavy (non-hydrogen) atoms. The smallest absolute Gasteiger partial charge is 0.410 e. The number of carbonyl (C=O) groups excluding carboxylic acids is 1. The van der Waals surface area contributed by atoms with E-state index >= 15 is 0 Å². The lowest BCUT2D eigenvalue weighted by Crippen LogP contribution is -2.46. The molecule has 0 spiro atoms. The topological polar surface area (TPSA) is 66.8 Å². The van der Waals surface area contributed by atoms with E-state index < -0.39 is 23.1 Å². The molecule has 1 heterocycles. The average molecular weight is 241 g/mol. The molecule has 2 fully saturated rings. The molecule has 0 unspecified atom stereocenters. The zero-order valence-electron chi connectivity index (χ0n) is 10.5. The van der Waals surface area contributed by atoms with Crippen molar-refractivity contribution in [1.29, 1.82) is 0 Å². The molecule has 1 N–H and O–H groups in total. The van der Waals surface area contributed by atoms with Gasteiger partial charge in [-0.15, -0.1) is 0 Å². The number of ether oxygens (including phenoxy) is 1. The first-order chi connectivity index (χ1) is 7.74. The van der Waals surface area contributed by atoms with Crippen molar-refractivity contribution < 1.29 is 19.4 Å². The van der Waals surface area contributed by atoms with Crippen molar-refractivity contribution >= 4 is 12.1 Å². The van der Waals surface area contributed by atoms with E-state index in [0.717, 1.165) is 6.42 Å². The van der Waals surface area contributed by atoms with Crippen LogP contribution in [-0.4, -0.2) is 40.8 Å². The van der Waals surface area contributed by atoms with Gasteiger partial charge in [0.25, 0.3) is 0 Å². The van der Waals surface area contributed by atoms with Crippen LogP contribution in [0.15, 0.2) is 0 Å². The van der Waals surface area contributed by atoms with Gasteiger partial charge in [-0.05, 0) is 39.5 Å². The van der Waals surface area contributed by atoms with Gasteiger partial charge in [0.1, 0.15) is 5.60 Å². The normalized spacial score (nSPS) is 31.7. The molecular formula is C12H19NO4. The number of carboxylic acid groups (broad SMARTS) is 1. The first kappa shape index (κ1) is 12.2. The van der Waals surface area contributed by atoms with Crippen LogP contribution in [0.3, 0.4) is 0 Å². The number of carbonyl (C=O) groups is 2. The number of hydrogen-bond donors (Lipinski definition) is 1. The van der Waals surface area contributed by atoms with Gasteiger partial charge in [-0.2, -0.15) is 0 Å². The van der Waals surface area contributed by atoms with E-state index in [4.69, 9.17) is 4.74 Å². The number of rotatable bonds is 1. The van der Waals surface area contributed by atoms with Crippen molar-refractivity contribution in [3.63, 3.8) is 0 Å². The molecule has 1 saturated heterocycles. The molecule has 2 rings (SSSR count). The van der Waals surface area contributed by atoms with Crippen molar-refractivity contribution in [2.24, 2.45) is 11.3 Å². The molecular weight excluding hydrogens is 222 g/mol. The van der Waals surface area contributed by atoms with Crippen LogP contribution in [0.4, 0.5) is 4.79 Å². The molecule has 0 radical (unpaired) electrons. The van der Waals surface area contributed by atoms with Crippen molar-refractivity contribution in [2.75, 3.05) is 13.1 Å². The highest BCUT2D eigenvalue weighted by molar-refractivity contribution is 5.79. The summed E-state index contributed by atoms with van der Waals surface area (Å²) in [7, 11) is 0. The number of amides is 1. The Kier molecular flexibility index (Phi) is 2.60. The Bertz CT molecular complexity index is 360. The molecule has 2 atom stereocenters. The van der Waals surface area contributed by atoms with Gasteiger partial charge in [-0.25, -0.2) is 4.79 Å². The minimum Gasteiger partial charge on any atom is -0.481 e. The monoisotopic (exact) mass is 241 g/mol. The molecule has 0 aromatic carbocycles. The van der Waals surface area contributed by atoms with Gasteiger partial charge < -0.3 is 14.7 Å². The second kappa shape index (κ2) is 3.62. The van der Waals surface area contributed by atoms with E-state index in [2.05, 4.69) is 0 Å². The molecule has 5 nitrogen and oxygen atoms in total. The summed E-state index contributed by atoms with van der Waals surface area (Å²) in [6.45, 7) is 6.23. The molecule has 1 aliphatic heterocycles. The van der Waals surface area contributed by atoms with E-state index in [1.54, 1.807) is 0 Å². The molecule has 1 aliphatic carbocycles. The average Bonchev–Trinajstić information content (AvgIpc) is 2.37. The Morgan fingerprint density at radius 1 is 1.41 bits per heavy atom. The van der Waals surface area contributed by atoms with Crippen LogP contribution in [0.1, 0.15) is 33.6 Å². The number of likely N-dealkylation sites (tertiary alicyclic amines) is 1. The summed E-state index contributed by atoms with van der Waals surface area (Å²) in [5, 5.41) is 9.25. The number of carboxylic acids is 1. The van der Waals surface area contributed by atoms with Crippen LogP contribution in [-0.2, 0) is 9.53 Å². The van der Waals surface area contributed by atoms with Gasteiger partial charge in [-0.3, -0.25) is 4.79 Å². The lowest BCUT2D eigenvalue weighted by atomic mass is 9.62. The van der Waals surface area contributed by atoms with Crippen LogP contribution < -0.4 is 0 Å². The molecule has 1 saturated carbocycles. The minimum absolute atomic E-state index is 0.104. The summed E-state index contributed by atoms with van der Waals surface area (Å²) >= 11 is 0. The first-order valence-electron chi connectivity index (χ1n) is 5.96. The predicted molar refractivity (Wildman–Crippen MR) is 60.6 cm³/mol. The van der Waals surface area contributed by atoms with Crippen LogP contribution in [0, 0.1) is 11.3 Å². The fourth-order valence-corrected chi connectivity index (χ4v) is 2.66. The highest BCUT2D eigenvalue weighted by atomic mass is 16.6. The Morgan fingerprint density at radius 3 is 2.41 bits per heavy atom. The third kappa shape index (κ3) is 1.98. The number of hydrogen-bond acceptors (Lipinski definition) is 3. The van der Waals surface area contributed by atoms with Crippen molar-refractivity contribution in [1.82, 2.24) is 4.90 Å². The van der Waals surface area contributed by atoms with E-state index in [-0.39, 0.29) is 5.92 Å². The number of nitrogens with zero attached hydrogens (tertiary/aromatic N) is 1. The zero-order chi connectivity index (χ0) is 12.8. The van der Waals surface area contributed by atoms with E-state index in [9.17, 15) is 14.7 Å². The van der Waals surface area contributed by atoms with Crippen molar-refractivity contribution in [3.05, 3.63) is 0 Å². The molecule has 0 aromatic heterocycles. The van der Waals surface area contributed by atoms with Gasteiger partial charge in [0.15, 0.2) is 0 Å². The zero-order valence-corrected chi connectivity index (χ0v) is 10.5. The van der Waals surface area contributed by atoms with Gasteiger partial charge in [0, 0.05) is 13.1 Å². The number of fused-ring (bicyclic) bond motifs is 1. The van der Waals surface area contributed by atoms with Crippen molar-refractivity contribution in [2.45, 2.75) is 39.2 Å². The quantitative estimate of drug-likeness (QED) is 0.759. The summed E-state index contributed by atoms with van der Waals surface area (Å²) in [5.41, 5.74) is -1.23. The Hall–Kier alpha value is -1.26. The van der Waals surface area contributed by atoms with Crippen LogP contribution in [0.5, 0.6) is 0 Å². The lowest BCUT2D eigenvalue weighted by Gasteiger charge is -2.39. The number of aliphatic carboxylic acids is 1. The van der Waals surface area contributed by atoms with Crippen LogP contribution in [0.2, 0.25) is 0 Å².